The predicted octanol–water partition coefficient (Wildman–Crippen LogP) is 3.62. The molecular formula is C20H22F4N4O3S. The van der Waals surface area contributed by atoms with Crippen LogP contribution in [0.3, 0.4) is 0 Å². The lowest BCUT2D eigenvalue weighted by Gasteiger charge is -2.46. The first-order valence-electron chi connectivity index (χ1n) is 10.3. The van der Waals surface area contributed by atoms with Crippen LogP contribution in [0, 0.1) is 5.92 Å². The maximum atomic E-state index is 15.3. The molecule has 4 heterocycles. The second-order valence-electron chi connectivity index (χ2n) is 9.38. The molecule has 2 aliphatic heterocycles. The Labute approximate surface area is 184 Å². The van der Waals surface area contributed by atoms with E-state index in [1.165, 1.54) is 31.1 Å². The van der Waals surface area contributed by atoms with Crippen molar-refractivity contribution >= 4 is 22.9 Å². The van der Waals surface area contributed by atoms with E-state index in [0.29, 0.717) is 10.4 Å². The number of hydrogen-bond donors (Lipinski definition) is 3. The maximum Gasteiger partial charge on any atom is 0.419 e. The minimum atomic E-state index is -3.69. The number of halogens is 4. The van der Waals surface area contributed by atoms with Crippen LogP contribution in [-0.4, -0.2) is 57.5 Å². The van der Waals surface area contributed by atoms with Gasteiger partial charge in [0.05, 0.1) is 16.7 Å². The second-order valence-corrected chi connectivity index (χ2v) is 10.4. The Morgan fingerprint density at radius 3 is 2.62 bits per heavy atom. The summed E-state index contributed by atoms with van der Waals surface area (Å²) in [7, 11) is 0. The molecule has 0 saturated heterocycles. The SMILES string of the molecule is CC(C)(O)C[C@H]1N2C[C@H](C3CC(F)(F)C3)NC(=O)c3sc(-c4cn[nH]c4)c(c32)OC1(F)F. The number of nitrogens with one attached hydrogen (secondary N) is 2. The van der Waals surface area contributed by atoms with E-state index in [1.807, 2.05) is 0 Å². The molecule has 0 spiro atoms. The number of carbonyl (C=O) groups excluding carboxylic acids is 1. The number of aromatic amines is 1. The van der Waals surface area contributed by atoms with Crippen LogP contribution >= 0.6 is 11.3 Å². The van der Waals surface area contributed by atoms with Crippen LogP contribution in [0.1, 0.15) is 42.8 Å². The molecule has 0 aromatic carbocycles. The fourth-order valence-electron chi connectivity index (χ4n) is 4.69. The van der Waals surface area contributed by atoms with Crippen LogP contribution in [0.15, 0.2) is 12.4 Å². The lowest BCUT2D eigenvalue weighted by atomic mass is 9.76. The van der Waals surface area contributed by atoms with Gasteiger partial charge in [0.25, 0.3) is 5.91 Å². The van der Waals surface area contributed by atoms with Crippen molar-refractivity contribution in [2.75, 3.05) is 11.4 Å². The summed E-state index contributed by atoms with van der Waals surface area (Å²) in [5, 5.41) is 19.6. The van der Waals surface area contributed by atoms with E-state index in [1.54, 1.807) is 0 Å². The predicted molar refractivity (Wildman–Crippen MR) is 108 cm³/mol. The van der Waals surface area contributed by atoms with E-state index in [4.69, 9.17) is 4.74 Å². The molecular weight excluding hydrogens is 452 g/mol. The Morgan fingerprint density at radius 2 is 2.03 bits per heavy atom. The van der Waals surface area contributed by atoms with Crippen molar-refractivity contribution in [3.8, 4) is 16.2 Å². The van der Waals surface area contributed by atoms with Crippen LogP contribution in [0.5, 0.6) is 5.75 Å². The number of hydrogen-bond acceptors (Lipinski definition) is 6. The van der Waals surface area contributed by atoms with Crippen LogP contribution < -0.4 is 15.0 Å². The summed E-state index contributed by atoms with van der Waals surface area (Å²) in [4.78, 5) is 14.9. The summed E-state index contributed by atoms with van der Waals surface area (Å²) in [5.41, 5.74) is -0.767. The number of thiophene rings is 1. The number of nitrogens with zero attached hydrogens (tertiary/aromatic N) is 2. The number of anilines is 1. The number of H-pyrrole nitrogens is 1. The van der Waals surface area contributed by atoms with Crippen molar-refractivity contribution in [1.29, 1.82) is 0 Å². The molecule has 32 heavy (non-hydrogen) atoms. The lowest BCUT2D eigenvalue weighted by molar-refractivity contribution is -0.206. The number of aliphatic hydroxyl groups is 1. The Balaban J connectivity index is 1.62. The van der Waals surface area contributed by atoms with Crippen molar-refractivity contribution in [1.82, 2.24) is 15.5 Å². The van der Waals surface area contributed by atoms with E-state index in [9.17, 15) is 18.7 Å². The molecule has 3 aliphatic rings. The van der Waals surface area contributed by atoms with Crippen molar-refractivity contribution in [3.63, 3.8) is 0 Å². The van der Waals surface area contributed by atoms with E-state index in [-0.39, 0.29) is 29.3 Å². The largest absolute Gasteiger partial charge is 0.427 e. The van der Waals surface area contributed by atoms with Gasteiger partial charge in [-0.25, -0.2) is 8.78 Å². The monoisotopic (exact) mass is 474 g/mol. The van der Waals surface area contributed by atoms with Crippen LogP contribution in [0.2, 0.25) is 0 Å². The zero-order valence-electron chi connectivity index (χ0n) is 17.3. The van der Waals surface area contributed by atoms with E-state index in [0.717, 1.165) is 11.3 Å². The Hall–Kier alpha value is -2.34. The highest BCUT2D eigenvalue weighted by atomic mass is 32.1. The van der Waals surface area contributed by atoms with Crippen LogP contribution in [0.4, 0.5) is 23.2 Å². The van der Waals surface area contributed by atoms with Gasteiger partial charge in [-0.05, 0) is 19.8 Å². The fourth-order valence-corrected chi connectivity index (χ4v) is 5.82. The van der Waals surface area contributed by atoms with Gasteiger partial charge in [0.15, 0.2) is 5.75 Å². The molecule has 0 bridgehead atoms. The van der Waals surface area contributed by atoms with Gasteiger partial charge in [-0.2, -0.15) is 13.9 Å². The van der Waals surface area contributed by atoms with Gasteiger partial charge in [0.2, 0.25) is 5.92 Å². The summed E-state index contributed by atoms with van der Waals surface area (Å²) >= 11 is 0.987. The number of rotatable bonds is 4. The fraction of sp³-hybridized carbons (Fsp3) is 0.600. The molecule has 7 nitrogen and oxygen atoms in total. The zero-order chi connectivity index (χ0) is 23.1. The second kappa shape index (κ2) is 6.83. The third kappa shape index (κ3) is 3.53. The Kier molecular flexibility index (Phi) is 4.59. The topological polar surface area (TPSA) is 90.5 Å². The first-order chi connectivity index (χ1) is 14.8. The van der Waals surface area contributed by atoms with Gasteiger partial charge in [0.1, 0.15) is 16.6 Å². The molecule has 174 valence electrons. The van der Waals surface area contributed by atoms with Gasteiger partial charge in [-0.3, -0.25) is 9.89 Å². The lowest BCUT2D eigenvalue weighted by Crippen LogP contribution is -2.60. The number of ether oxygens (including phenoxy) is 1. The average Bonchev–Trinajstić information content (AvgIpc) is 3.25. The van der Waals surface area contributed by atoms with Gasteiger partial charge < -0.3 is 20.1 Å². The molecule has 2 aromatic heterocycles. The first-order valence-corrected chi connectivity index (χ1v) is 11.1. The summed E-state index contributed by atoms with van der Waals surface area (Å²) in [6.07, 6.45) is -1.91. The molecule has 0 unspecified atom stereocenters. The van der Waals surface area contributed by atoms with Crippen molar-refractivity contribution in [2.24, 2.45) is 5.92 Å². The molecule has 2 atom stereocenters. The molecule has 1 aliphatic carbocycles. The number of alkyl halides is 4. The van der Waals surface area contributed by atoms with E-state index in [2.05, 4.69) is 15.5 Å². The van der Waals surface area contributed by atoms with Crippen molar-refractivity contribution < 1.29 is 32.2 Å². The zero-order valence-corrected chi connectivity index (χ0v) is 18.1. The third-order valence-electron chi connectivity index (χ3n) is 6.19. The highest BCUT2D eigenvalue weighted by Crippen LogP contribution is 2.56. The summed E-state index contributed by atoms with van der Waals surface area (Å²) < 4.78 is 62.9. The highest BCUT2D eigenvalue weighted by molar-refractivity contribution is 7.18. The van der Waals surface area contributed by atoms with Gasteiger partial charge in [-0.15, -0.1) is 11.3 Å². The maximum absolute atomic E-state index is 15.3. The molecule has 1 saturated carbocycles. The van der Waals surface area contributed by atoms with Crippen LogP contribution in [0.25, 0.3) is 10.4 Å². The Morgan fingerprint density at radius 1 is 1.31 bits per heavy atom. The van der Waals surface area contributed by atoms with E-state index < -0.39 is 54.4 Å². The smallest absolute Gasteiger partial charge is 0.419 e. The quantitative estimate of drug-likeness (QED) is 0.589. The van der Waals surface area contributed by atoms with Crippen LogP contribution in [-0.2, 0) is 0 Å². The summed E-state index contributed by atoms with van der Waals surface area (Å²) in [5.74, 6) is -4.00. The Bertz CT molecular complexity index is 1040. The van der Waals surface area contributed by atoms with Crippen molar-refractivity contribution in [2.45, 2.75) is 62.8 Å². The standard InChI is InChI=1S/C20H22F4N4O3S/c1-18(2,30)5-12-20(23,24)31-14-13-16(32-15(14)10-6-25-26-7-10)17(29)27-11(8-28(12)13)9-3-19(21,22)4-9/h6-7,9,11-12,30H,3-5,8H2,1-2H3,(H,25,26)(H,27,29)/t11-,12-/m1/s1. The molecule has 1 fully saturated rings. The molecule has 0 radical (unpaired) electrons. The molecule has 5 rings (SSSR count). The highest BCUT2D eigenvalue weighted by Gasteiger charge is 2.57. The average molecular weight is 474 g/mol. The van der Waals surface area contributed by atoms with Gasteiger partial charge in [-0.1, -0.05) is 0 Å². The molecule has 12 heteroatoms. The van der Waals surface area contributed by atoms with Gasteiger partial charge >= 0.3 is 6.11 Å². The third-order valence-corrected chi connectivity index (χ3v) is 7.40. The van der Waals surface area contributed by atoms with Gasteiger partial charge in [0, 0.05) is 43.6 Å². The van der Waals surface area contributed by atoms with E-state index >= 15 is 8.78 Å². The summed E-state index contributed by atoms with van der Waals surface area (Å²) in [6, 6.07) is -2.32. The number of aromatic nitrogens is 2. The normalized spacial score (nSPS) is 26.6. The molecule has 1 amide bonds. The first kappa shape index (κ1) is 21.5. The number of amides is 1. The summed E-state index contributed by atoms with van der Waals surface area (Å²) in [6.45, 7) is 2.73. The molecule has 2 aromatic rings. The van der Waals surface area contributed by atoms with Crippen molar-refractivity contribution in [3.05, 3.63) is 17.3 Å². The minimum absolute atomic E-state index is 0.0895. The number of carbonyl (C=O) groups is 1. The molecule has 3 N–H and O–H groups in total. The minimum Gasteiger partial charge on any atom is -0.427 e.